The summed E-state index contributed by atoms with van der Waals surface area (Å²) in [5, 5.41) is 4.27. The van der Waals surface area contributed by atoms with Crippen molar-refractivity contribution in [1.82, 2.24) is 20.0 Å². The van der Waals surface area contributed by atoms with E-state index >= 15 is 0 Å². The van der Waals surface area contributed by atoms with Gasteiger partial charge in [0.05, 0.1) is 0 Å². The summed E-state index contributed by atoms with van der Waals surface area (Å²) in [4.78, 5) is 8.48. The Kier molecular flexibility index (Phi) is 61.6. The molecule has 0 bridgehead atoms. The molecule has 1 aliphatic rings. The fourth-order valence-electron chi connectivity index (χ4n) is 13.2. The molecule has 0 aromatic carbocycles. The third-order valence-corrected chi connectivity index (χ3v) is 19.1. The van der Waals surface area contributed by atoms with E-state index in [4.69, 9.17) is 5.73 Å². The smallest absolute Gasteiger partial charge is 0.0309 e. The second kappa shape index (κ2) is 63.8. The first-order chi connectivity index (χ1) is 40.0. The monoisotopic (exact) mass is 1140 g/mol. The van der Waals surface area contributed by atoms with Gasteiger partial charge in [-0.15, -0.1) is 0 Å². The second-order valence-electron chi connectivity index (χ2n) is 26.9. The quantitative estimate of drug-likeness (QED) is 0.0469. The van der Waals surface area contributed by atoms with Gasteiger partial charge in [-0.05, 0) is 77.3 Å². The van der Waals surface area contributed by atoms with Crippen molar-refractivity contribution in [2.45, 2.75) is 399 Å². The zero-order valence-corrected chi connectivity index (χ0v) is 56.8. The number of nitrogens with one attached hydrogen (secondary N) is 1. The summed E-state index contributed by atoms with van der Waals surface area (Å²) in [7, 11) is 0. The van der Waals surface area contributed by atoms with Gasteiger partial charge in [-0.1, -0.05) is 348 Å². The predicted octanol–water partition coefficient (Wildman–Crippen LogP) is 23.2. The van der Waals surface area contributed by atoms with Crippen LogP contribution in [0.1, 0.15) is 388 Å². The Balaban J connectivity index is 2.78. The van der Waals surface area contributed by atoms with Gasteiger partial charge in [-0.25, -0.2) is 0 Å². The highest BCUT2D eigenvalue weighted by molar-refractivity contribution is 4.97. The van der Waals surface area contributed by atoms with Crippen molar-refractivity contribution in [2.24, 2.45) is 5.73 Å². The molecule has 0 radical (unpaired) electrons. The van der Waals surface area contributed by atoms with E-state index in [9.17, 15) is 0 Å². The minimum atomic E-state index is -0.0830. The van der Waals surface area contributed by atoms with Crippen LogP contribution in [-0.4, -0.2) is 91.7 Å². The fraction of sp³-hybridized carbons (Fsp3) is 0.947. The fourth-order valence-corrected chi connectivity index (χ4v) is 13.2. The lowest BCUT2D eigenvalue weighted by atomic mass is 9.78. The summed E-state index contributed by atoms with van der Waals surface area (Å²) < 4.78 is 0. The molecule has 0 amide bonds. The van der Waals surface area contributed by atoms with Gasteiger partial charge in [0.15, 0.2) is 0 Å². The third-order valence-electron chi connectivity index (χ3n) is 19.1. The van der Waals surface area contributed by atoms with E-state index in [1.165, 1.54) is 406 Å². The van der Waals surface area contributed by atoms with Crippen molar-refractivity contribution in [3.05, 3.63) is 24.3 Å². The number of nitrogens with zero attached hydrogens (tertiary/aromatic N) is 3. The lowest BCUT2D eigenvalue weighted by Gasteiger charge is -2.40. The maximum absolute atomic E-state index is 7.86. The molecule has 1 heterocycles. The summed E-state index contributed by atoms with van der Waals surface area (Å²) in [6.45, 7) is 23.9. The number of rotatable bonds is 67. The van der Waals surface area contributed by atoms with Crippen molar-refractivity contribution in [3.63, 3.8) is 0 Å². The van der Waals surface area contributed by atoms with Gasteiger partial charge in [0.1, 0.15) is 0 Å². The van der Waals surface area contributed by atoms with Crippen LogP contribution in [-0.2, 0) is 0 Å². The van der Waals surface area contributed by atoms with E-state index < -0.39 is 0 Å². The van der Waals surface area contributed by atoms with Crippen LogP contribution < -0.4 is 11.1 Å². The molecule has 0 aromatic heterocycles. The Morgan fingerprint density at radius 3 is 1.02 bits per heavy atom. The molecule has 3 N–H and O–H groups in total. The number of unbranched alkanes of at least 4 members (excludes halogenated alkanes) is 45. The topological polar surface area (TPSA) is 47.8 Å². The molecule has 1 saturated heterocycles. The minimum absolute atomic E-state index is 0.0830. The number of hydrogen-bond donors (Lipinski definition) is 2. The molecule has 1 rings (SSSR count). The first-order valence-corrected chi connectivity index (χ1v) is 38.0. The van der Waals surface area contributed by atoms with Gasteiger partial charge >= 0.3 is 0 Å². The maximum atomic E-state index is 7.86. The molecular weight excluding hydrogens is 983 g/mol. The number of allylic oxidation sites excluding steroid dienone is 4. The molecule has 0 aromatic rings. The molecule has 1 atom stereocenters. The van der Waals surface area contributed by atoms with Crippen LogP contribution in [0.2, 0.25) is 0 Å². The Morgan fingerprint density at radius 1 is 0.346 bits per heavy atom. The third kappa shape index (κ3) is 53.3. The first-order valence-electron chi connectivity index (χ1n) is 38.0. The molecule has 5 heteroatoms. The SMILES string of the molecule is CCCCC/C=C\C/C=C\CCCCCCCCN(CCCCCCCCCCCC)CCN1CCN(CCNC(CCCCCCCCCCCC)C(N)(CCCCCCCCCCCC)CCCCCCCCCCCC)CC1. The van der Waals surface area contributed by atoms with Crippen LogP contribution in [0.25, 0.3) is 0 Å². The highest BCUT2D eigenvalue weighted by Crippen LogP contribution is 2.29. The highest BCUT2D eigenvalue weighted by atomic mass is 15.3. The van der Waals surface area contributed by atoms with Gasteiger partial charge in [-0.2, -0.15) is 0 Å². The first kappa shape index (κ1) is 78.3. The van der Waals surface area contributed by atoms with E-state index in [0.717, 1.165) is 13.0 Å². The molecule has 482 valence electrons. The van der Waals surface area contributed by atoms with Crippen molar-refractivity contribution in [1.29, 1.82) is 0 Å². The van der Waals surface area contributed by atoms with Gasteiger partial charge in [-0.3, -0.25) is 9.80 Å². The van der Waals surface area contributed by atoms with E-state index in [1.54, 1.807) is 0 Å². The van der Waals surface area contributed by atoms with Crippen LogP contribution >= 0.6 is 0 Å². The van der Waals surface area contributed by atoms with Gasteiger partial charge in [0, 0.05) is 63.9 Å². The molecule has 0 spiro atoms. The van der Waals surface area contributed by atoms with E-state index in [2.05, 4.69) is 78.9 Å². The lowest BCUT2D eigenvalue weighted by Crippen LogP contribution is -2.58. The molecule has 0 aliphatic carbocycles. The summed E-state index contributed by atoms with van der Waals surface area (Å²) in [6, 6.07) is 0.441. The molecule has 1 unspecified atom stereocenters. The molecular formula is C76H153N5. The van der Waals surface area contributed by atoms with E-state index in [0.29, 0.717) is 6.04 Å². The zero-order chi connectivity index (χ0) is 58.3. The number of nitrogens with two attached hydrogens (primary N) is 1. The van der Waals surface area contributed by atoms with Crippen LogP contribution in [0.3, 0.4) is 0 Å². The van der Waals surface area contributed by atoms with E-state index in [1.807, 2.05) is 0 Å². The molecule has 0 saturated carbocycles. The average Bonchev–Trinajstić information content (AvgIpc) is 3.47. The summed E-state index contributed by atoms with van der Waals surface area (Å²) in [6.07, 6.45) is 85.7. The summed E-state index contributed by atoms with van der Waals surface area (Å²) in [5.41, 5.74) is 7.77. The predicted molar refractivity (Wildman–Crippen MR) is 369 cm³/mol. The second-order valence-corrected chi connectivity index (χ2v) is 26.9. The minimum Gasteiger partial charge on any atom is -0.324 e. The van der Waals surface area contributed by atoms with Crippen molar-refractivity contribution < 1.29 is 0 Å². The maximum Gasteiger partial charge on any atom is 0.0309 e. The highest BCUT2D eigenvalue weighted by Gasteiger charge is 2.33. The normalized spacial score (nSPS) is 14.3. The number of hydrogen-bond acceptors (Lipinski definition) is 5. The van der Waals surface area contributed by atoms with Crippen molar-refractivity contribution in [3.8, 4) is 0 Å². The average molecular weight is 1140 g/mol. The van der Waals surface area contributed by atoms with Crippen LogP contribution in [0.4, 0.5) is 0 Å². The lowest BCUT2D eigenvalue weighted by molar-refractivity contribution is 0.115. The zero-order valence-electron chi connectivity index (χ0n) is 56.8. The Bertz CT molecular complexity index is 1220. The van der Waals surface area contributed by atoms with Crippen LogP contribution in [0, 0.1) is 0 Å². The van der Waals surface area contributed by atoms with Crippen LogP contribution in [0.15, 0.2) is 24.3 Å². The molecule has 1 fully saturated rings. The summed E-state index contributed by atoms with van der Waals surface area (Å²) in [5.74, 6) is 0. The van der Waals surface area contributed by atoms with Crippen LogP contribution in [0.5, 0.6) is 0 Å². The van der Waals surface area contributed by atoms with Crippen molar-refractivity contribution >= 4 is 0 Å². The Labute approximate surface area is 512 Å². The summed E-state index contributed by atoms with van der Waals surface area (Å²) >= 11 is 0. The number of piperazine rings is 1. The van der Waals surface area contributed by atoms with Gasteiger partial charge in [0.2, 0.25) is 0 Å². The molecule has 81 heavy (non-hydrogen) atoms. The molecule has 5 nitrogen and oxygen atoms in total. The largest absolute Gasteiger partial charge is 0.324 e. The standard InChI is InChI=1S/C76H153N5/c1-6-11-16-21-26-31-36-37-38-39-40-41-46-51-56-61-67-79(66-60-55-50-45-35-30-25-20-15-10-5)69-72-81-73-70-80(71-74-81)68-65-78-75(62-57-52-47-42-32-27-22-17-12-7-2)76(77,63-58-53-48-43-33-28-23-18-13-8-3)64-59-54-49-44-34-29-24-19-14-9-4/h26,31,37-38,75,78H,6-25,27-30,32-36,39-74,77H2,1-5H3/b31-26-,38-37-. The molecule has 1 aliphatic heterocycles. The Morgan fingerprint density at radius 2 is 0.642 bits per heavy atom. The Hall–Kier alpha value is -0.720. The van der Waals surface area contributed by atoms with Gasteiger partial charge < -0.3 is 16.0 Å². The van der Waals surface area contributed by atoms with E-state index in [-0.39, 0.29) is 5.54 Å². The van der Waals surface area contributed by atoms with Crippen molar-refractivity contribution in [2.75, 3.05) is 65.4 Å². The van der Waals surface area contributed by atoms with Gasteiger partial charge in [0.25, 0.3) is 0 Å².